The van der Waals surface area contributed by atoms with Gasteiger partial charge in [0, 0.05) is 17.4 Å². The lowest BCUT2D eigenvalue weighted by atomic mass is 10.2. The first-order chi connectivity index (χ1) is 14.7. The molecule has 0 aromatic heterocycles. The average molecular weight is 466 g/mol. The Morgan fingerprint density at radius 2 is 1.58 bits per heavy atom. The zero-order valence-electron chi connectivity index (χ0n) is 15.4. The molecule has 31 heavy (non-hydrogen) atoms. The Kier molecular flexibility index (Phi) is 6.59. The lowest BCUT2D eigenvalue weighted by Crippen LogP contribution is -2.20. The van der Waals surface area contributed by atoms with Crippen LogP contribution in [0, 0.1) is 6.57 Å². The second-order valence-electron chi connectivity index (χ2n) is 6.13. The zero-order valence-corrected chi connectivity index (χ0v) is 16.9. The third-order valence-electron chi connectivity index (χ3n) is 3.90. The maximum atomic E-state index is 13.0. The van der Waals surface area contributed by atoms with Gasteiger partial charge in [0.05, 0.1) is 22.2 Å². The number of amides is 2. The summed E-state index contributed by atoms with van der Waals surface area (Å²) in [5.74, 6) is 0.759. The van der Waals surface area contributed by atoms with E-state index in [1.54, 1.807) is 24.3 Å². The van der Waals surface area contributed by atoms with Gasteiger partial charge in [-0.2, -0.15) is 13.2 Å². The van der Waals surface area contributed by atoms with Crippen LogP contribution in [-0.4, -0.2) is 6.03 Å². The summed E-state index contributed by atoms with van der Waals surface area (Å²) in [6, 6.07) is 13.2. The molecule has 0 bridgehead atoms. The van der Waals surface area contributed by atoms with Gasteiger partial charge in [-0.25, -0.2) is 9.64 Å². The number of carbonyl (C=O) groups excluding carboxylic acids is 1. The second kappa shape index (κ2) is 9.16. The van der Waals surface area contributed by atoms with Crippen LogP contribution in [-0.2, 0) is 6.18 Å². The SMILES string of the molecule is [C-]#[N+]c1ccc(Oc2cccc(NC(=O)Nc3ccc(Cl)c(C(F)(F)F)c3)c2)cc1Cl. The minimum Gasteiger partial charge on any atom is -0.457 e. The monoisotopic (exact) mass is 465 g/mol. The van der Waals surface area contributed by atoms with Crippen molar-refractivity contribution in [2.24, 2.45) is 0 Å². The van der Waals surface area contributed by atoms with Gasteiger partial charge < -0.3 is 15.4 Å². The van der Waals surface area contributed by atoms with E-state index in [0.29, 0.717) is 17.2 Å². The molecule has 3 rings (SSSR count). The molecule has 0 saturated carbocycles. The van der Waals surface area contributed by atoms with E-state index >= 15 is 0 Å². The van der Waals surface area contributed by atoms with E-state index in [0.717, 1.165) is 12.1 Å². The predicted octanol–water partition coefficient (Wildman–Crippen LogP) is 8.00. The van der Waals surface area contributed by atoms with Gasteiger partial charge in [-0.05, 0) is 42.5 Å². The van der Waals surface area contributed by atoms with Crippen molar-refractivity contribution >= 4 is 46.3 Å². The lowest BCUT2D eigenvalue weighted by Gasteiger charge is -2.13. The normalized spacial score (nSPS) is 10.8. The molecule has 2 amide bonds. The van der Waals surface area contributed by atoms with Crippen molar-refractivity contribution < 1.29 is 22.7 Å². The maximum Gasteiger partial charge on any atom is 0.417 e. The Morgan fingerprint density at radius 1 is 0.903 bits per heavy atom. The fourth-order valence-corrected chi connectivity index (χ4v) is 2.97. The number of ether oxygens (including phenoxy) is 1. The summed E-state index contributed by atoms with van der Waals surface area (Å²) in [6.45, 7) is 6.99. The highest BCUT2D eigenvalue weighted by atomic mass is 35.5. The van der Waals surface area contributed by atoms with Crippen molar-refractivity contribution in [3.8, 4) is 11.5 Å². The Balaban J connectivity index is 1.69. The van der Waals surface area contributed by atoms with Gasteiger partial charge in [0.2, 0.25) is 5.69 Å². The molecule has 3 aromatic rings. The Hall–Kier alpha value is -3.41. The molecule has 0 atom stereocenters. The number of urea groups is 1. The molecular formula is C21H12Cl2F3N3O2. The van der Waals surface area contributed by atoms with E-state index in [2.05, 4.69) is 15.5 Å². The number of nitrogens with one attached hydrogen (secondary N) is 2. The van der Waals surface area contributed by atoms with E-state index < -0.39 is 22.8 Å². The molecule has 0 unspecified atom stereocenters. The van der Waals surface area contributed by atoms with E-state index in [1.165, 1.54) is 24.3 Å². The predicted molar refractivity (Wildman–Crippen MR) is 113 cm³/mol. The Morgan fingerprint density at radius 3 is 2.23 bits per heavy atom. The molecule has 0 saturated heterocycles. The van der Waals surface area contributed by atoms with Gasteiger partial charge in [-0.15, -0.1) is 0 Å². The molecule has 2 N–H and O–H groups in total. The van der Waals surface area contributed by atoms with Crippen LogP contribution in [0.4, 0.5) is 35.0 Å². The number of anilines is 2. The molecule has 158 valence electrons. The summed E-state index contributed by atoms with van der Waals surface area (Å²) in [7, 11) is 0. The first-order valence-electron chi connectivity index (χ1n) is 8.55. The number of nitrogens with zero attached hydrogens (tertiary/aromatic N) is 1. The number of hydrogen-bond donors (Lipinski definition) is 2. The van der Waals surface area contributed by atoms with Crippen LogP contribution in [0.5, 0.6) is 11.5 Å². The highest BCUT2D eigenvalue weighted by Crippen LogP contribution is 2.36. The number of carbonyl (C=O) groups is 1. The summed E-state index contributed by atoms with van der Waals surface area (Å²) >= 11 is 11.6. The minimum atomic E-state index is -4.65. The molecular weight excluding hydrogens is 454 g/mol. The minimum absolute atomic E-state index is 0.0730. The second-order valence-corrected chi connectivity index (χ2v) is 6.94. The number of hydrogen-bond acceptors (Lipinski definition) is 2. The summed E-state index contributed by atoms with van der Waals surface area (Å²) in [5, 5.41) is 4.61. The highest BCUT2D eigenvalue weighted by molar-refractivity contribution is 6.33. The van der Waals surface area contributed by atoms with Crippen LogP contribution in [0.25, 0.3) is 4.85 Å². The number of alkyl halides is 3. The molecule has 0 aliphatic heterocycles. The molecule has 0 radical (unpaired) electrons. The van der Waals surface area contributed by atoms with Crippen LogP contribution in [0.15, 0.2) is 60.7 Å². The third-order valence-corrected chi connectivity index (χ3v) is 4.53. The molecule has 10 heteroatoms. The quantitative estimate of drug-likeness (QED) is 0.383. The van der Waals surface area contributed by atoms with Gasteiger partial charge in [-0.1, -0.05) is 35.3 Å². The molecule has 3 aromatic carbocycles. The number of halogens is 5. The highest BCUT2D eigenvalue weighted by Gasteiger charge is 2.33. The van der Waals surface area contributed by atoms with Crippen LogP contribution in [0.1, 0.15) is 5.56 Å². The summed E-state index contributed by atoms with van der Waals surface area (Å²) in [6.07, 6.45) is -4.65. The van der Waals surface area contributed by atoms with Crippen LogP contribution < -0.4 is 15.4 Å². The van der Waals surface area contributed by atoms with Crippen molar-refractivity contribution in [1.29, 1.82) is 0 Å². The van der Waals surface area contributed by atoms with Crippen LogP contribution >= 0.6 is 23.2 Å². The first-order valence-corrected chi connectivity index (χ1v) is 9.31. The Bertz CT molecular complexity index is 1180. The van der Waals surface area contributed by atoms with Gasteiger partial charge in [-0.3, -0.25) is 0 Å². The fraction of sp³-hybridized carbons (Fsp3) is 0.0476. The van der Waals surface area contributed by atoms with Gasteiger partial charge in [0.1, 0.15) is 11.5 Å². The van der Waals surface area contributed by atoms with Gasteiger partial charge in [0.25, 0.3) is 0 Å². The van der Waals surface area contributed by atoms with Crippen molar-refractivity contribution in [2.45, 2.75) is 6.18 Å². The van der Waals surface area contributed by atoms with Crippen LogP contribution in [0.2, 0.25) is 10.0 Å². The van der Waals surface area contributed by atoms with Gasteiger partial charge in [0.15, 0.2) is 0 Å². The first kappa shape index (κ1) is 22.3. The van der Waals surface area contributed by atoms with Crippen molar-refractivity contribution in [1.82, 2.24) is 0 Å². The largest absolute Gasteiger partial charge is 0.457 e. The molecule has 0 heterocycles. The van der Waals surface area contributed by atoms with E-state index in [9.17, 15) is 18.0 Å². The number of benzene rings is 3. The van der Waals surface area contributed by atoms with Crippen molar-refractivity contribution in [3.63, 3.8) is 0 Å². The smallest absolute Gasteiger partial charge is 0.417 e. The van der Waals surface area contributed by atoms with E-state index in [4.69, 9.17) is 34.5 Å². The van der Waals surface area contributed by atoms with Gasteiger partial charge >= 0.3 is 12.2 Å². The fourth-order valence-electron chi connectivity index (χ4n) is 2.53. The Labute approximate surface area is 185 Å². The lowest BCUT2D eigenvalue weighted by molar-refractivity contribution is -0.137. The van der Waals surface area contributed by atoms with E-state index in [1.807, 2.05) is 0 Å². The summed E-state index contributed by atoms with van der Waals surface area (Å²) in [4.78, 5) is 15.5. The van der Waals surface area contributed by atoms with Crippen molar-refractivity contribution in [3.05, 3.63) is 87.7 Å². The van der Waals surface area contributed by atoms with Crippen molar-refractivity contribution in [2.75, 3.05) is 10.6 Å². The summed E-state index contributed by atoms with van der Waals surface area (Å²) in [5.41, 5.74) is -0.498. The molecule has 0 fully saturated rings. The summed E-state index contributed by atoms with van der Waals surface area (Å²) < 4.78 is 44.5. The zero-order chi connectivity index (χ0) is 22.6. The molecule has 0 spiro atoms. The molecule has 0 aliphatic rings. The average Bonchev–Trinajstić information content (AvgIpc) is 2.69. The molecule has 5 nitrogen and oxygen atoms in total. The number of rotatable bonds is 4. The van der Waals surface area contributed by atoms with Crippen LogP contribution in [0.3, 0.4) is 0 Å². The molecule has 0 aliphatic carbocycles. The van der Waals surface area contributed by atoms with E-state index in [-0.39, 0.29) is 16.4 Å². The topological polar surface area (TPSA) is 54.7 Å². The maximum absolute atomic E-state index is 13.0. The third kappa shape index (κ3) is 5.81. The standard InChI is InChI=1S/C21H12Cl2F3N3O2/c1-27-19-8-6-15(11-18(19)23)31-14-4-2-3-12(9-14)28-20(30)29-13-5-7-17(22)16(10-13)21(24,25)26/h2-11H,(H2,28,29,30).